The first-order valence-electron chi connectivity index (χ1n) is 17.3. The van der Waals surface area contributed by atoms with Crippen LogP contribution in [0.4, 0.5) is 10.2 Å². The second kappa shape index (κ2) is 13.8. The van der Waals surface area contributed by atoms with Crippen LogP contribution in [0.5, 0.6) is 0 Å². The molecule has 0 aliphatic carbocycles. The Morgan fingerprint density at radius 2 is 1.90 bits per heavy atom. The lowest BCUT2D eigenvalue weighted by Crippen LogP contribution is -2.43. The summed E-state index contributed by atoms with van der Waals surface area (Å²) in [5, 5.41) is 13.9. The van der Waals surface area contributed by atoms with E-state index in [1.807, 2.05) is 10.6 Å². The van der Waals surface area contributed by atoms with Crippen LogP contribution in [0.3, 0.4) is 0 Å². The van der Waals surface area contributed by atoms with Gasteiger partial charge in [0.25, 0.3) is 5.91 Å². The van der Waals surface area contributed by atoms with Gasteiger partial charge >= 0.3 is 0 Å². The number of nitrogens with one attached hydrogen (secondary N) is 1. The van der Waals surface area contributed by atoms with Gasteiger partial charge in [-0.3, -0.25) is 19.3 Å². The van der Waals surface area contributed by atoms with Gasteiger partial charge in [-0.15, -0.1) is 0 Å². The first-order chi connectivity index (χ1) is 24.6. The number of benzene rings is 2. The van der Waals surface area contributed by atoms with Crippen molar-refractivity contribution in [1.82, 2.24) is 29.7 Å². The molecule has 51 heavy (non-hydrogen) atoms. The molecule has 12 nitrogen and oxygen atoms in total. The van der Waals surface area contributed by atoms with Crippen LogP contribution in [0.2, 0.25) is 0 Å². The SMILES string of the molecule is Cc1c(CN2CCC3(CCN(c4nccnc4C(=O)c4ccc(F)cc4C(=O)N(C)C)C3)C2)ccc2c1cc(C#N)n2CCC1CNC(=O)CO1. The number of rotatable bonds is 9. The molecule has 0 radical (unpaired) electrons. The van der Waals surface area contributed by atoms with E-state index in [4.69, 9.17) is 4.74 Å². The standard InChI is InChI=1S/C38H41FN8O4/c1-24-25(4-7-32-30(24)17-27(18-40)47(32)13-8-28-19-43-33(48)21-51-28)20-45-14-9-38(22-45)10-15-46(23-38)36-34(41-11-12-42-36)35(49)29-6-5-26(39)16-31(29)37(50)44(2)3/h4-7,11-12,16-17,28H,8-10,13-15,19-23H2,1-3H3,(H,43,48). The Labute approximate surface area is 295 Å². The number of aryl methyl sites for hydroxylation is 2. The molecule has 0 saturated carbocycles. The zero-order valence-corrected chi connectivity index (χ0v) is 29.1. The highest BCUT2D eigenvalue weighted by molar-refractivity contribution is 6.16. The minimum atomic E-state index is -0.595. The van der Waals surface area contributed by atoms with E-state index in [0.29, 0.717) is 37.6 Å². The van der Waals surface area contributed by atoms with Gasteiger partial charge in [-0.1, -0.05) is 6.07 Å². The molecular weight excluding hydrogens is 651 g/mol. The van der Waals surface area contributed by atoms with Gasteiger partial charge in [0.1, 0.15) is 24.2 Å². The first-order valence-corrected chi connectivity index (χ1v) is 17.3. The lowest BCUT2D eigenvalue weighted by molar-refractivity contribution is -0.133. The Balaban J connectivity index is 1.05. The maximum atomic E-state index is 14.2. The monoisotopic (exact) mass is 692 g/mol. The average Bonchev–Trinajstić information content (AvgIpc) is 3.85. The quantitative estimate of drug-likeness (QED) is 0.261. The number of ether oxygens (including phenoxy) is 1. The predicted octanol–water partition coefficient (Wildman–Crippen LogP) is 3.69. The number of aromatic nitrogens is 3. The van der Waals surface area contributed by atoms with Gasteiger partial charge in [-0.2, -0.15) is 5.26 Å². The summed E-state index contributed by atoms with van der Waals surface area (Å²) < 4.78 is 21.9. The summed E-state index contributed by atoms with van der Waals surface area (Å²) in [5.74, 6) is -1.15. The summed E-state index contributed by atoms with van der Waals surface area (Å²) >= 11 is 0. The fourth-order valence-corrected chi connectivity index (χ4v) is 7.85. The normalized spacial score (nSPS) is 20.6. The molecule has 2 aromatic heterocycles. The van der Waals surface area contributed by atoms with Crippen LogP contribution in [0.25, 0.3) is 10.9 Å². The topological polar surface area (TPSA) is 137 Å². The van der Waals surface area contributed by atoms with Crippen LogP contribution in [0.1, 0.15) is 62.5 Å². The molecule has 2 amide bonds. The van der Waals surface area contributed by atoms with Gasteiger partial charge in [0.05, 0.1) is 11.7 Å². The molecule has 7 rings (SSSR count). The van der Waals surface area contributed by atoms with Crippen LogP contribution in [-0.2, 0) is 22.6 Å². The minimum Gasteiger partial charge on any atom is -0.367 e. The number of hydrogen-bond acceptors (Lipinski definition) is 9. The Hall–Kier alpha value is -5.19. The largest absolute Gasteiger partial charge is 0.367 e. The third-order valence-electron chi connectivity index (χ3n) is 10.6. The van der Waals surface area contributed by atoms with E-state index in [-0.39, 0.29) is 40.9 Å². The molecule has 3 aliphatic heterocycles. The Morgan fingerprint density at radius 1 is 1.10 bits per heavy atom. The zero-order valence-electron chi connectivity index (χ0n) is 29.1. The number of carbonyl (C=O) groups excluding carboxylic acids is 3. The van der Waals surface area contributed by atoms with Gasteiger partial charge in [-0.25, -0.2) is 14.4 Å². The number of ketones is 1. The summed E-state index contributed by atoms with van der Waals surface area (Å²) in [4.78, 5) is 53.1. The molecule has 2 atom stereocenters. The van der Waals surface area contributed by atoms with E-state index in [1.54, 1.807) is 20.3 Å². The van der Waals surface area contributed by atoms with Crippen LogP contribution >= 0.6 is 0 Å². The van der Waals surface area contributed by atoms with E-state index < -0.39 is 17.5 Å². The number of nitrogens with zero attached hydrogens (tertiary/aromatic N) is 7. The summed E-state index contributed by atoms with van der Waals surface area (Å²) in [6.45, 7) is 7.34. The maximum absolute atomic E-state index is 14.2. The van der Waals surface area contributed by atoms with E-state index in [0.717, 1.165) is 61.6 Å². The van der Waals surface area contributed by atoms with Gasteiger partial charge in [0.2, 0.25) is 11.7 Å². The van der Waals surface area contributed by atoms with Crippen LogP contribution in [-0.4, -0.2) is 101 Å². The van der Waals surface area contributed by atoms with Crippen molar-refractivity contribution in [1.29, 1.82) is 5.26 Å². The van der Waals surface area contributed by atoms with Gasteiger partial charge in [0.15, 0.2) is 11.5 Å². The van der Waals surface area contributed by atoms with Crippen molar-refractivity contribution in [3.63, 3.8) is 0 Å². The van der Waals surface area contributed by atoms with Crippen molar-refractivity contribution in [3.05, 3.63) is 88.3 Å². The third-order valence-corrected chi connectivity index (χ3v) is 10.6. The summed E-state index contributed by atoms with van der Waals surface area (Å²) in [5.41, 5.74) is 4.26. The van der Waals surface area contributed by atoms with Crippen molar-refractivity contribution in [3.8, 4) is 6.07 Å². The smallest absolute Gasteiger partial charge is 0.254 e. The van der Waals surface area contributed by atoms with Crippen molar-refractivity contribution in [2.45, 2.75) is 45.4 Å². The second-order valence-electron chi connectivity index (χ2n) is 14.2. The highest BCUT2D eigenvalue weighted by atomic mass is 19.1. The lowest BCUT2D eigenvalue weighted by atomic mass is 9.86. The Kier molecular flexibility index (Phi) is 9.30. The van der Waals surface area contributed by atoms with Crippen molar-refractivity contribution in [2.75, 3.05) is 58.3 Å². The zero-order chi connectivity index (χ0) is 35.9. The van der Waals surface area contributed by atoms with E-state index in [1.165, 1.54) is 28.8 Å². The molecule has 0 bridgehead atoms. The highest BCUT2D eigenvalue weighted by Gasteiger charge is 2.44. The number of nitriles is 1. The molecule has 3 saturated heterocycles. The molecule has 3 fully saturated rings. The fraction of sp³-hybridized carbons (Fsp3) is 0.421. The second-order valence-corrected chi connectivity index (χ2v) is 14.2. The van der Waals surface area contributed by atoms with Gasteiger partial charge < -0.3 is 24.4 Å². The number of anilines is 1. The summed E-state index contributed by atoms with van der Waals surface area (Å²) in [6, 6.07) is 12.2. The fourth-order valence-electron chi connectivity index (χ4n) is 7.85. The number of carbonyl (C=O) groups is 3. The molecule has 3 aliphatic rings. The number of morpholine rings is 1. The van der Waals surface area contributed by atoms with E-state index >= 15 is 0 Å². The maximum Gasteiger partial charge on any atom is 0.254 e. The van der Waals surface area contributed by atoms with Crippen molar-refractivity contribution in [2.24, 2.45) is 5.41 Å². The first kappa shape index (κ1) is 34.3. The molecule has 13 heteroatoms. The molecule has 5 heterocycles. The van der Waals surface area contributed by atoms with Gasteiger partial charge in [-0.05, 0) is 74.2 Å². The third kappa shape index (κ3) is 6.69. The molecule has 2 unspecified atom stereocenters. The predicted molar refractivity (Wildman–Crippen MR) is 188 cm³/mol. The lowest BCUT2D eigenvalue weighted by Gasteiger charge is -2.26. The van der Waals surface area contributed by atoms with Crippen molar-refractivity contribution < 1.29 is 23.5 Å². The van der Waals surface area contributed by atoms with E-state index in [9.17, 15) is 24.0 Å². The minimum absolute atomic E-state index is 0.00911. The number of hydrogen-bond donors (Lipinski definition) is 1. The summed E-state index contributed by atoms with van der Waals surface area (Å²) in [6.07, 6.45) is 5.60. The molecular formula is C38H41FN8O4. The molecule has 1 spiro atoms. The van der Waals surface area contributed by atoms with Gasteiger partial charge in [0, 0.05) is 87.6 Å². The Morgan fingerprint density at radius 3 is 2.67 bits per heavy atom. The van der Waals surface area contributed by atoms with Crippen LogP contribution in [0, 0.1) is 29.5 Å². The summed E-state index contributed by atoms with van der Waals surface area (Å²) in [7, 11) is 3.12. The molecule has 4 aromatic rings. The Bertz CT molecular complexity index is 2060. The van der Waals surface area contributed by atoms with Crippen LogP contribution < -0.4 is 10.2 Å². The number of amides is 2. The average molecular weight is 693 g/mol. The van der Waals surface area contributed by atoms with E-state index in [2.05, 4.69) is 50.2 Å². The van der Waals surface area contributed by atoms with Crippen molar-refractivity contribution >= 4 is 34.3 Å². The number of likely N-dealkylation sites (tertiary alicyclic amines) is 1. The molecule has 264 valence electrons. The molecule has 2 aromatic carbocycles. The highest BCUT2D eigenvalue weighted by Crippen LogP contribution is 2.42. The number of fused-ring (bicyclic) bond motifs is 1. The number of halogens is 1. The van der Waals surface area contributed by atoms with Crippen LogP contribution in [0.15, 0.2) is 48.8 Å². The molecule has 1 N–H and O–H groups in total.